The normalized spacial score (nSPS) is 19.3. The summed E-state index contributed by atoms with van der Waals surface area (Å²) < 4.78 is 0. The van der Waals surface area contributed by atoms with Crippen LogP contribution in [0.1, 0.15) is 62.7 Å². The van der Waals surface area contributed by atoms with Crippen molar-refractivity contribution < 1.29 is 9.59 Å². The number of halogens is 1. The summed E-state index contributed by atoms with van der Waals surface area (Å²) in [6.45, 7) is 5.69. The van der Waals surface area contributed by atoms with Crippen molar-refractivity contribution in [2.24, 2.45) is 11.7 Å². The van der Waals surface area contributed by atoms with Gasteiger partial charge in [-0.1, -0.05) is 20.3 Å². The van der Waals surface area contributed by atoms with Gasteiger partial charge in [0.1, 0.15) is 0 Å². The molecule has 1 aliphatic rings. The first-order valence-electron chi connectivity index (χ1n) is 9.50. The van der Waals surface area contributed by atoms with E-state index in [4.69, 9.17) is 5.73 Å². The molecule has 3 N–H and O–H groups in total. The second-order valence-electron chi connectivity index (χ2n) is 6.98. The minimum absolute atomic E-state index is 0. The lowest BCUT2D eigenvalue weighted by Gasteiger charge is -2.25. The molecule has 0 radical (unpaired) electrons. The molecule has 1 aliphatic carbocycles. The zero-order valence-electron chi connectivity index (χ0n) is 15.9. The monoisotopic (exact) mass is 381 g/mol. The first-order chi connectivity index (χ1) is 12.0. The SMILES string of the molecule is CCCN(CCC)C(=O)c1ccc(NC(=O)C2CCCC(N)C2)cc1.Cl. The molecule has 2 rings (SSSR count). The van der Waals surface area contributed by atoms with Crippen LogP contribution in [0.3, 0.4) is 0 Å². The molecule has 1 saturated carbocycles. The minimum atomic E-state index is -0.00495. The van der Waals surface area contributed by atoms with Gasteiger partial charge >= 0.3 is 0 Å². The molecule has 0 aromatic heterocycles. The molecule has 5 nitrogen and oxygen atoms in total. The zero-order chi connectivity index (χ0) is 18.2. The van der Waals surface area contributed by atoms with Gasteiger partial charge in [-0.25, -0.2) is 0 Å². The third-order valence-corrected chi connectivity index (χ3v) is 4.76. The van der Waals surface area contributed by atoms with Crippen LogP contribution in [-0.2, 0) is 4.79 Å². The van der Waals surface area contributed by atoms with Crippen LogP contribution in [0.25, 0.3) is 0 Å². The van der Waals surface area contributed by atoms with Crippen LogP contribution in [-0.4, -0.2) is 35.8 Å². The van der Waals surface area contributed by atoms with Crippen LogP contribution >= 0.6 is 12.4 Å². The van der Waals surface area contributed by atoms with E-state index in [0.29, 0.717) is 5.56 Å². The van der Waals surface area contributed by atoms with Crippen molar-refractivity contribution in [2.45, 2.75) is 58.4 Å². The highest BCUT2D eigenvalue weighted by Gasteiger charge is 2.25. The number of nitrogens with two attached hydrogens (primary N) is 1. The van der Waals surface area contributed by atoms with E-state index < -0.39 is 0 Å². The predicted molar refractivity (Wildman–Crippen MR) is 109 cm³/mol. The van der Waals surface area contributed by atoms with E-state index in [1.165, 1.54) is 0 Å². The van der Waals surface area contributed by atoms with Gasteiger partial charge in [0.15, 0.2) is 0 Å². The number of hydrogen-bond acceptors (Lipinski definition) is 3. The van der Waals surface area contributed by atoms with Gasteiger partial charge in [0, 0.05) is 36.3 Å². The summed E-state index contributed by atoms with van der Waals surface area (Å²) in [6, 6.07) is 7.34. The summed E-state index contributed by atoms with van der Waals surface area (Å²) in [5.41, 5.74) is 7.37. The number of carbonyl (C=O) groups excluding carboxylic acids is 2. The van der Waals surface area contributed by atoms with Gasteiger partial charge in [0.25, 0.3) is 5.91 Å². The van der Waals surface area contributed by atoms with Crippen LogP contribution in [0.2, 0.25) is 0 Å². The maximum absolute atomic E-state index is 12.6. The van der Waals surface area contributed by atoms with Gasteiger partial charge in [-0.15, -0.1) is 12.4 Å². The van der Waals surface area contributed by atoms with E-state index in [9.17, 15) is 9.59 Å². The summed E-state index contributed by atoms with van der Waals surface area (Å²) in [6.07, 6.45) is 5.57. The highest BCUT2D eigenvalue weighted by molar-refractivity contribution is 5.96. The third kappa shape index (κ3) is 6.29. The molecular formula is C20H32ClN3O2. The number of nitrogens with one attached hydrogen (secondary N) is 1. The van der Waals surface area contributed by atoms with Crippen LogP contribution in [0.15, 0.2) is 24.3 Å². The summed E-state index contributed by atoms with van der Waals surface area (Å²) in [5, 5.41) is 2.96. The zero-order valence-corrected chi connectivity index (χ0v) is 16.7. The fraction of sp³-hybridized carbons (Fsp3) is 0.600. The standard InChI is InChI=1S/C20H31N3O2.ClH/c1-3-12-23(13-4-2)20(25)15-8-10-18(11-9-15)22-19(24)16-6-5-7-17(21)14-16;/h8-11,16-17H,3-7,12-14,21H2,1-2H3,(H,22,24);1H. The summed E-state index contributed by atoms with van der Waals surface area (Å²) in [5.74, 6) is 0.0855. The average molecular weight is 382 g/mol. The van der Waals surface area contributed by atoms with Gasteiger partial charge in [-0.3, -0.25) is 9.59 Å². The van der Waals surface area contributed by atoms with E-state index in [1.54, 1.807) is 12.1 Å². The van der Waals surface area contributed by atoms with Crippen LogP contribution < -0.4 is 11.1 Å². The first kappa shape index (κ1) is 22.5. The number of nitrogens with zero attached hydrogens (tertiary/aromatic N) is 1. The largest absolute Gasteiger partial charge is 0.339 e. The molecule has 2 amide bonds. The molecule has 0 bridgehead atoms. The van der Waals surface area contributed by atoms with E-state index >= 15 is 0 Å². The Morgan fingerprint density at radius 1 is 1.12 bits per heavy atom. The maximum atomic E-state index is 12.6. The van der Waals surface area contributed by atoms with E-state index in [0.717, 1.165) is 57.3 Å². The topological polar surface area (TPSA) is 75.4 Å². The molecule has 1 fully saturated rings. The lowest BCUT2D eigenvalue weighted by molar-refractivity contribution is -0.120. The fourth-order valence-electron chi connectivity index (χ4n) is 3.44. The first-order valence-corrected chi connectivity index (χ1v) is 9.50. The third-order valence-electron chi connectivity index (χ3n) is 4.76. The molecule has 0 saturated heterocycles. The number of hydrogen-bond donors (Lipinski definition) is 2. The van der Waals surface area contributed by atoms with Gasteiger partial charge in [-0.05, 0) is 56.4 Å². The van der Waals surface area contributed by atoms with Crippen molar-refractivity contribution in [3.8, 4) is 0 Å². The van der Waals surface area contributed by atoms with Crippen LogP contribution in [0, 0.1) is 5.92 Å². The number of amides is 2. The molecule has 0 heterocycles. The van der Waals surface area contributed by atoms with Crippen molar-refractivity contribution in [1.82, 2.24) is 4.90 Å². The second kappa shape index (κ2) is 11.2. The highest BCUT2D eigenvalue weighted by atomic mass is 35.5. The van der Waals surface area contributed by atoms with Crippen molar-refractivity contribution in [3.63, 3.8) is 0 Å². The van der Waals surface area contributed by atoms with Crippen molar-refractivity contribution in [3.05, 3.63) is 29.8 Å². The summed E-state index contributed by atoms with van der Waals surface area (Å²) in [4.78, 5) is 26.8. The van der Waals surface area contributed by atoms with Gasteiger partial charge in [0.2, 0.25) is 5.91 Å². The maximum Gasteiger partial charge on any atom is 0.253 e. The molecule has 6 heteroatoms. The van der Waals surface area contributed by atoms with Gasteiger partial charge < -0.3 is 16.0 Å². The number of anilines is 1. The van der Waals surface area contributed by atoms with Crippen LogP contribution in [0.4, 0.5) is 5.69 Å². The number of rotatable bonds is 7. The van der Waals surface area contributed by atoms with Crippen molar-refractivity contribution in [1.29, 1.82) is 0 Å². The summed E-state index contributed by atoms with van der Waals surface area (Å²) in [7, 11) is 0. The Labute approximate surface area is 163 Å². The quantitative estimate of drug-likeness (QED) is 0.753. The Hall–Kier alpha value is -1.59. The van der Waals surface area contributed by atoms with Crippen molar-refractivity contribution >= 4 is 29.9 Å². The molecule has 0 spiro atoms. The Bertz CT molecular complexity index is 571. The summed E-state index contributed by atoms with van der Waals surface area (Å²) >= 11 is 0. The van der Waals surface area contributed by atoms with Crippen molar-refractivity contribution in [2.75, 3.05) is 18.4 Å². The fourth-order valence-corrected chi connectivity index (χ4v) is 3.44. The number of benzene rings is 1. The molecule has 0 aliphatic heterocycles. The van der Waals surface area contributed by atoms with E-state index in [-0.39, 0.29) is 36.2 Å². The molecule has 1 aromatic carbocycles. The van der Waals surface area contributed by atoms with E-state index in [1.807, 2.05) is 17.0 Å². The molecule has 146 valence electrons. The smallest absolute Gasteiger partial charge is 0.253 e. The minimum Gasteiger partial charge on any atom is -0.339 e. The molecule has 2 atom stereocenters. The Morgan fingerprint density at radius 2 is 1.73 bits per heavy atom. The Morgan fingerprint density at radius 3 is 2.27 bits per heavy atom. The molecular weight excluding hydrogens is 350 g/mol. The Kier molecular flexibility index (Phi) is 9.66. The average Bonchev–Trinajstić information content (AvgIpc) is 2.61. The Balaban J connectivity index is 0.00000338. The molecule has 2 unspecified atom stereocenters. The predicted octanol–water partition coefficient (Wildman–Crippen LogP) is 3.83. The molecule has 26 heavy (non-hydrogen) atoms. The second-order valence-corrected chi connectivity index (χ2v) is 6.98. The van der Waals surface area contributed by atoms with E-state index in [2.05, 4.69) is 19.2 Å². The lowest BCUT2D eigenvalue weighted by atomic mass is 9.85. The van der Waals surface area contributed by atoms with Crippen LogP contribution in [0.5, 0.6) is 0 Å². The highest BCUT2D eigenvalue weighted by Crippen LogP contribution is 2.24. The van der Waals surface area contributed by atoms with Gasteiger partial charge in [0.05, 0.1) is 0 Å². The number of carbonyl (C=O) groups is 2. The van der Waals surface area contributed by atoms with Gasteiger partial charge in [-0.2, -0.15) is 0 Å². The lowest BCUT2D eigenvalue weighted by Crippen LogP contribution is -2.34. The molecule has 1 aromatic rings.